The number of hydrogen-bond donors (Lipinski definition) is 1. The average molecular weight is 233 g/mol. The van der Waals surface area contributed by atoms with Gasteiger partial charge in [0.05, 0.1) is 0 Å². The van der Waals surface area contributed by atoms with Crippen LogP contribution in [0.3, 0.4) is 0 Å². The van der Waals surface area contributed by atoms with Gasteiger partial charge in [0.2, 0.25) is 0 Å². The van der Waals surface area contributed by atoms with Crippen LogP contribution in [-0.4, -0.2) is 12.6 Å². The van der Waals surface area contributed by atoms with Gasteiger partial charge in [0.15, 0.2) is 0 Å². The van der Waals surface area contributed by atoms with Crippen LogP contribution in [0, 0.1) is 19.8 Å². The van der Waals surface area contributed by atoms with Crippen molar-refractivity contribution in [2.24, 2.45) is 5.92 Å². The van der Waals surface area contributed by atoms with Gasteiger partial charge < -0.3 is 5.32 Å². The molecule has 0 aromatic heterocycles. The molecule has 1 N–H and O–H groups in total. The summed E-state index contributed by atoms with van der Waals surface area (Å²) in [4.78, 5) is 0. The zero-order valence-electron chi connectivity index (χ0n) is 12.0. The third kappa shape index (κ3) is 4.91. The number of hydrogen-bond acceptors (Lipinski definition) is 1. The van der Waals surface area contributed by atoms with Gasteiger partial charge in [0.1, 0.15) is 0 Å². The summed E-state index contributed by atoms with van der Waals surface area (Å²) in [6.07, 6.45) is 2.34. The lowest BCUT2D eigenvalue weighted by atomic mass is 9.94. The van der Waals surface area contributed by atoms with E-state index in [0.717, 1.165) is 13.0 Å². The van der Waals surface area contributed by atoms with Crippen LogP contribution in [-0.2, 0) is 6.42 Å². The number of rotatable bonds is 6. The highest BCUT2D eigenvalue weighted by atomic mass is 14.9. The van der Waals surface area contributed by atoms with Crippen molar-refractivity contribution in [2.75, 3.05) is 6.54 Å². The summed E-state index contributed by atoms with van der Waals surface area (Å²) < 4.78 is 0. The van der Waals surface area contributed by atoms with E-state index in [1.165, 1.54) is 23.1 Å². The number of benzene rings is 1. The summed E-state index contributed by atoms with van der Waals surface area (Å²) in [5.74, 6) is 0.683. The first-order valence-corrected chi connectivity index (χ1v) is 6.83. The second-order valence-corrected chi connectivity index (χ2v) is 5.50. The van der Waals surface area contributed by atoms with Gasteiger partial charge in [-0.15, -0.1) is 0 Å². The monoisotopic (exact) mass is 233 g/mol. The highest BCUT2D eigenvalue weighted by molar-refractivity contribution is 5.29. The molecule has 1 unspecified atom stereocenters. The lowest BCUT2D eigenvalue weighted by molar-refractivity contribution is 0.397. The lowest BCUT2D eigenvalue weighted by Crippen LogP contribution is -2.36. The molecule has 0 heterocycles. The molecule has 0 spiro atoms. The molecular weight excluding hydrogens is 206 g/mol. The van der Waals surface area contributed by atoms with E-state index in [1.807, 2.05) is 0 Å². The summed E-state index contributed by atoms with van der Waals surface area (Å²) >= 11 is 0. The molecule has 1 nitrogen and oxygen atoms in total. The van der Waals surface area contributed by atoms with E-state index in [1.54, 1.807) is 0 Å². The Kier molecular flexibility index (Phi) is 5.70. The molecule has 0 saturated carbocycles. The first-order chi connectivity index (χ1) is 8.02. The second kappa shape index (κ2) is 6.80. The zero-order valence-corrected chi connectivity index (χ0v) is 12.0. The molecule has 0 aliphatic rings. The maximum Gasteiger partial charge on any atom is 0.0130 e. The van der Waals surface area contributed by atoms with Crippen molar-refractivity contribution >= 4 is 0 Å². The first kappa shape index (κ1) is 14.2. The molecule has 1 aromatic carbocycles. The third-order valence-electron chi connectivity index (χ3n) is 3.20. The molecule has 96 valence electrons. The molecule has 0 bridgehead atoms. The maximum absolute atomic E-state index is 3.66. The quantitative estimate of drug-likeness (QED) is 0.786. The standard InChI is InChI=1S/C16H27N/c1-6-7-17-16(12(2)3)11-15-9-13(4)8-14(5)10-15/h8-10,12,16-17H,6-7,11H2,1-5H3. The summed E-state index contributed by atoms with van der Waals surface area (Å²) in [7, 11) is 0. The predicted molar refractivity (Wildman–Crippen MR) is 76.5 cm³/mol. The molecule has 0 aliphatic carbocycles. The van der Waals surface area contributed by atoms with Gasteiger partial charge in [-0.2, -0.15) is 0 Å². The third-order valence-corrected chi connectivity index (χ3v) is 3.20. The molecule has 1 atom stereocenters. The first-order valence-electron chi connectivity index (χ1n) is 6.83. The van der Waals surface area contributed by atoms with Gasteiger partial charge in [-0.3, -0.25) is 0 Å². The molecule has 0 amide bonds. The second-order valence-electron chi connectivity index (χ2n) is 5.50. The van der Waals surface area contributed by atoms with Crippen LogP contribution in [0.5, 0.6) is 0 Å². The molecular formula is C16H27N. The van der Waals surface area contributed by atoms with Crippen molar-refractivity contribution in [2.45, 2.75) is 53.5 Å². The Morgan fingerprint density at radius 3 is 2.12 bits per heavy atom. The molecule has 1 rings (SSSR count). The predicted octanol–water partition coefficient (Wildman–Crippen LogP) is 3.87. The van der Waals surface area contributed by atoms with E-state index in [0.29, 0.717) is 12.0 Å². The van der Waals surface area contributed by atoms with Crippen LogP contribution >= 0.6 is 0 Å². The van der Waals surface area contributed by atoms with E-state index >= 15 is 0 Å². The summed E-state index contributed by atoms with van der Waals surface area (Å²) in [6.45, 7) is 12.3. The van der Waals surface area contributed by atoms with Gasteiger partial charge in [0.25, 0.3) is 0 Å². The zero-order chi connectivity index (χ0) is 12.8. The molecule has 17 heavy (non-hydrogen) atoms. The molecule has 0 fully saturated rings. The van der Waals surface area contributed by atoms with Crippen molar-refractivity contribution < 1.29 is 0 Å². The molecule has 1 heteroatoms. The summed E-state index contributed by atoms with van der Waals surface area (Å²) in [5, 5.41) is 3.66. The Balaban J connectivity index is 2.71. The van der Waals surface area contributed by atoms with Crippen molar-refractivity contribution in [3.05, 3.63) is 34.9 Å². The minimum Gasteiger partial charge on any atom is -0.313 e. The Morgan fingerprint density at radius 2 is 1.65 bits per heavy atom. The van der Waals surface area contributed by atoms with Crippen molar-refractivity contribution in [1.29, 1.82) is 0 Å². The van der Waals surface area contributed by atoms with Crippen LogP contribution in [0.25, 0.3) is 0 Å². The van der Waals surface area contributed by atoms with Crippen LogP contribution in [0.2, 0.25) is 0 Å². The smallest absolute Gasteiger partial charge is 0.0130 e. The van der Waals surface area contributed by atoms with Gasteiger partial charge in [-0.1, -0.05) is 50.1 Å². The highest BCUT2D eigenvalue weighted by Gasteiger charge is 2.13. The van der Waals surface area contributed by atoms with Crippen LogP contribution in [0.4, 0.5) is 0 Å². The average Bonchev–Trinajstić information content (AvgIpc) is 2.22. The van der Waals surface area contributed by atoms with E-state index in [-0.39, 0.29) is 0 Å². The molecule has 0 aliphatic heterocycles. The van der Waals surface area contributed by atoms with Crippen molar-refractivity contribution in [3.63, 3.8) is 0 Å². The van der Waals surface area contributed by atoms with E-state index < -0.39 is 0 Å². The maximum atomic E-state index is 3.66. The summed E-state index contributed by atoms with van der Waals surface area (Å²) in [6, 6.07) is 7.47. The largest absolute Gasteiger partial charge is 0.313 e. The number of nitrogens with one attached hydrogen (secondary N) is 1. The van der Waals surface area contributed by atoms with Crippen molar-refractivity contribution in [1.82, 2.24) is 5.32 Å². The number of aryl methyl sites for hydroxylation is 2. The SMILES string of the molecule is CCCNC(Cc1cc(C)cc(C)c1)C(C)C. The Bertz CT molecular complexity index is 321. The van der Waals surface area contributed by atoms with Gasteiger partial charge in [-0.25, -0.2) is 0 Å². The lowest BCUT2D eigenvalue weighted by Gasteiger charge is -2.22. The van der Waals surface area contributed by atoms with Crippen molar-refractivity contribution in [3.8, 4) is 0 Å². The highest BCUT2D eigenvalue weighted by Crippen LogP contribution is 2.14. The molecule has 1 aromatic rings. The van der Waals surface area contributed by atoms with Crippen LogP contribution < -0.4 is 5.32 Å². The minimum absolute atomic E-state index is 0.594. The fraction of sp³-hybridized carbons (Fsp3) is 0.625. The van der Waals surface area contributed by atoms with Crippen LogP contribution in [0.1, 0.15) is 43.9 Å². The Labute approximate surface area is 107 Å². The van der Waals surface area contributed by atoms with Gasteiger partial charge >= 0.3 is 0 Å². The fourth-order valence-electron chi connectivity index (χ4n) is 2.31. The van der Waals surface area contributed by atoms with Gasteiger partial charge in [0, 0.05) is 6.04 Å². The minimum atomic E-state index is 0.594. The summed E-state index contributed by atoms with van der Waals surface area (Å²) in [5.41, 5.74) is 4.21. The normalized spacial score (nSPS) is 13.1. The Hall–Kier alpha value is -0.820. The fourth-order valence-corrected chi connectivity index (χ4v) is 2.31. The van der Waals surface area contributed by atoms with E-state index in [2.05, 4.69) is 58.1 Å². The van der Waals surface area contributed by atoms with Crippen LogP contribution in [0.15, 0.2) is 18.2 Å². The Morgan fingerprint density at radius 1 is 1.06 bits per heavy atom. The van der Waals surface area contributed by atoms with Gasteiger partial charge in [-0.05, 0) is 44.7 Å². The molecule has 0 saturated heterocycles. The van der Waals surface area contributed by atoms with E-state index in [9.17, 15) is 0 Å². The molecule has 0 radical (unpaired) electrons. The topological polar surface area (TPSA) is 12.0 Å². The van der Waals surface area contributed by atoms with E-state index in [4.69, 9.17) is 0 Å².